The zero-order valence-electron chi connectivity index (χ0n) is 18.5. The maximum absolute atomic E-state index is 13.6. The molecule has 0 bridgehead atoms. The van der Waals surface area contributed by atoms with Crippen LogP contribution in [0.25, 0.3) is 17.3 Å². The van der Waals surface area contributed by atoms with Gasteiger partial charge in [-0.3, -0.25) is 4.79 Å². The second-order valence-electron chi connectivity index (χ2n) is 6.98. The van der Waals surface area contributed by atoms with E-state index in [1.54, 1.807) is 48.2 Å². The van der Waals surface area contributed by atoms with E-state index in [1.165, 1.54) is 30.7 Å². The first-order chi connectivity index (χ1) is 15.4. The van der Waals surface area contributed by atoms with Crippen molar-refractivity contribution in [2.45, 2.75) is 33.7 Å². The van der Waals surface area contributed by atoms with Crippen molar-refractivity contribution in [2.24, 2.45) is 0 Å². The van der Waals surface area contributed by atoms with E-state index in [2.05, 4.69) is 30.8 Å². The highest BCUT2D eigenvalue weighted by Gasteiger charge is 2.18. The Morgan fingerprint density at radius 1 is 1.19 bits per heavy atom. The molecular formula is C25H28F2N4O. The summed E-state index contributed by atoms with van der Waals surface area (Å²) in [5, 5.41) is 7.08. The average Bonchev–Trinajstić information content (AvgIpc) is 3.20. The van der Waals surface area contributed by atoms with Crippen molar-refractivity contribution in [1.82, 2.24) is 15.1 Å². The molecule has 168 valence electrons. The molecule has 0 aliphatic carbocycles. The van der Waals surface area contributed by atoms with Gasteiger partial charge in [-0.05, 0) is 55.0 Å². The Balaban J connectivity index is 0.00000114. The Kier molecular flexibility index (Phi) is 8.89. The highest BCUT2D eigenvalue weighted by Crippen LogP contribution is 2.24. The zero-order chi connectivity index (χ0) is 23.7. The molecule has 2 aromatic carbocycles. The molecule has 0 radical (unpaired) electrons. The number of halogens is 2. The Labute approximate surface area is 187 Å². The molecule has 0 aliphatic heterocycles. The summed E-state index contributed by atoms with van der Waals surface area (Å²) >= 11 is 0. The quantitative estimate of drug-likeness (QED) is 0.394. The zero-order valence-corrected chi connectivity index (χ0v) is 18.5. The van der Waals surface area contributed by atoms with Crippen molar-refractivity contribution < 1.29 is 13.6 Å². The molecule has 0 atom stereocenters. The van der Waals surface area contributed by atoms with Gasteiger partial charge in [0, 0.05) is 17.7 Å². The van der Waals surface area contributed by atoms with Crippen LogP contribution in [0.2, 0.25) is 0 Å². The minimum absolute atomic E-state index is 0.0538. The van der Waals surface area contributed by atoms with Crippen LogP contribution in [0, 0.1) is 11.6 Å². The van der Waals surface area contributed by atoms with E-state index in [4.69, 9.17) is 5.73 Å². The fraction of sp³-hybridized carbons (Fsp3) is 0.200. The highest BCUT2D eigenvalue weighted by atomic mass is 19.1. The molecule has 7 heteroatoms. The van der Waals surface area contributed by atoms with Crippen molar-refractivity contribution in [1.29, 1.82) is 0 Å². The van der Waals surface area contributed by atoms with E-state index in [9.17, 15) is 13.6 Å². The highest BCUT2D eigenvalue weighted by molar-refractivity contribution is 6.20. The molecule has 3 N–H and O–H groups in total. The van der Waals surface area contributed by atoms with E-state index < -0.39 is 5.82 Å². The van der Waals surface area contributed by atoms with Crippen molar-refractivity contribution in [3.8, 4) is 5.69 Å². The molecule has 0 fully saturated rings. The third kappa shape index (κ3) is 5.91. The summed E-state index contributed by atoms with van der Waals surface area (Å²) < 4.78 is 28.4. The third-order valence-corrected chi connectivity index (χ3v) is 4.41. The largest absolute Gasteiger partial charge is 0.396 e. The SMILES string of the molecule is C=Cc1c(/C(=C\C)C(=O)NCc2ccc(N)c(F)c2)cnn1-c1ccc(F)cc1.CCC. The van der Waals surface area contributed by atoms with Gasteiger partial charge in [-0.15, -0.1) is 0 Å². The lowest BCUT2D eigenvalue weighted by Crippen LogP contribution is -2.24. The normalized spacial score (nSPS) is 10.8. The maximum Gasteiger partial charge on any atom is 0.251 e. The van der Waals surface area contributed by atoms with Gasteiger partial charge >= 0.3 is 0 Å². The van der Waals surface area contributed by atoms with E-state index >= 15 is 0 Å². The van der Waals surface area contributed by atoms with E-state index in [-0.39, 0.29) is 24.0 Å². The van der Waals surface area contributed by atoms with Gasteiger partial charge in [-0.2, -0.15) is 5.10 Å². The number of hydrogen-bond acceptors (Lipinski definition) is 3. The third-order valence-electron chi connectivity index (χ3n) is 4.41. The lowest BCUT2D eigenvalue weighted by atomic mass is 10.0. The van der Waals surface area contributed by atoms with Gasteiger partial charge in [0.2, 0.25) is 0 Å². The van der Waals surface area contributed by atoms with Crippen LogP contribution < -0.4 is 11.1 Å². The summed E-state index contributed by atoms with van der Waals surface area (Å²) in [6.45, 7) is 9.94. The first kappa shape index (κ1) is 24.5. The van der Waals surface area contributed by atoms with Crippen LogP contribution >= 0.6 is 0 Å². The van der Waals surface area contributed by atoms with Crippen LogP contribution in [-0.4, -0.2) is 15.7 Å². The summed E-state index contributed by atoms with van der Waals surface area (Å²) in [7, 11) is 0. The van der Waals surface area contributed by atoms with Crippen molar-refractivity contribution in [3.63, 3.8) is 0 Å². The van der Waals surface area contributed by atoms with Gasteiger partial charge in [-0.1, -0.05) is 39.0 Å². The molecule has 0 spiro atoms. The number of amides is 1. The first-order valence-electron chi connectivity index (χ1n) is 10.3. The number of benzene rings is 2. The number of nitrogen functional groups attached to an aromatic ring is 1. The van der Waals surface area contributed by atoms with Crippen molar-refractivity contribution in [2.75, 3.05) is 5.73 Å². The lowest BCUT2D eigenvalue weighted by Gasteiger charge is -2.10. The fourth-order valence-corrected chi connectivity index (χ4v) is 2.92. The van der Waals surface area contributed by atoms with Gasteiger partial charge in [-0.25, -0.2) is 13.5 Å². The number of nitrogens with two attached hydrogens (primary N) is 1. The summed E-state index contributed by atoms with van der Waals surface area (Å²) in [6.07, 6.45) is 6.05. The summed E-state index contributed by atoms with van der Waals surface area (Å²) in [5.74, 6) is -1.22. The number of anilines is 1. The number of carbonyl (C=O) groups is 1. The van der Waals surface area contributed by atoms with Gasteiger partial charge in [0.05, 0.1) is 23.3 Å². The minimum atomic E-state index is -0.530. The molecule has 0 saturated carbocycles. The predicted octanol–water partition coefficient (Wildman–Crippen LogP) is 5.51. The molecule has 5 nitrogen and oxygen atoms in total. The van der Waals surface area contributed by atoms with E-state index in [1.807, 2.05) is 0 Å². The fourth-order valence-electron chi connectivity index (χ4n) is 2.92. The van der Waals surface area contributed by atoms with Crippen LogP contribution in [0.15, 0.2) is 61.3 Å². The number of hydrogen-bond donors (Lipinski definition) is 2. The van der Waals surface area contributed by atoms with Crippen LogP contribution in [-0.2, 0) is 11.3 Å². The molecule has 0 aliphatic rings. The smallest absolute Gasteiger partial charge is 0.251 e. The van der Waals surface area contributed by atoms with Gasteiger partial charge in [0.15, 0.2) is 0 Å². The molecule has 1 amide bonds. The summed E-state index contributed by atoms with van der Waals surface area (Å²) in [5.41, 5.74) is 8.32. The second-order valence-corrected chi connectivity index (χ2v) is 6.98. The monoisotopic (exact) mass is 438 g/mol. The number of aromatic nitrogens is 2. The van der Waals surface area contributed by atoms with Gasteiger partial charge < -0.3 is 11.1 Å². The van der Waals surface area contributed by atoms with Crippen LogP contribution in [0.5, 0.6) is 0 Å². The summed E-state index contributed by atoms with van der Waals surface area (Å²) in [6, 6.07) is 10.2. The Hall–Kier alpha value is -3.74. The molecule has 0 unspecified atom stereocenters. The van der Waals surface area contributed by atoms with Crippen molar-refractivity contribution >= 4 is 23.2 Å². The topological polar surface area (TPSA) is 72.9 Å². The molecule has 32 heavy (non-hydrogen) atoms. The molecule has 3 rings (SSSR count). The number of allylic oxidation sites excluding steroid dienone is 1. The first-order valence-corrected chi connectivity index (χ1v) is 10.3. The molecule has 1 aromatic heterocycles. The minimum Gasteiger partial charge on any atom is -0.396 e. The maximum atomic E-state index is 13.6. The van der Waals surface area contributed by atoms with Crippen LogP contribution in [0.4, 0.5) is 14.5 Å². The Bertz CT molecular complexity index is 1100. The molecule has 3 aromatic rings. The Morgan fingerprint density at radius 3 is 2.41 bits per heavy atom. The number of nitrogens with zero attached hydrogens (tertiary/aromatic N) is 2. The van der Waals surface area contributed by atoms with Gasteiger partial charge in [0.1, 0.15) is 11.6 Å². The molecule has 1 heterocycles. The van der Waals surface area contributed by atoms with Crippen molar-refractivity contribution in [3.05, 3.63) is 89.8 Å². The number of nitrogens with one attached hydrogen (secondary N) is 1. The molecular weight excluding hydrogens is 410 g/mol. The number of carbonyl (C=O) groups excluding carboxylic acids is 1. The summed E-state index contributed by atoms with van der Waals surface area (Å²) in [4.78, 5) is 12.7. The van der Waals surface area contributed by atoms with Gasteiger partial charge in [0.25, 0.3) is 5.91 Å². The Morgan fingerprint density at radius 2 is 1.84 bits per heavy atom. The standard InChI is InChI=1S/C22H20F2N4O.C3H8/c1-3-17(22(29)26-12-14-5-10-20(25)19(24)11-14)18-13-27-28(21(18)4-2)16-8-6-15(23)7-9-16;1-3-2/h3-11,13H,2,12,25H2,1H3,(H,26,29);3H2,1-2H3/b17-3+;. The average molecular weight is 439 g/mol. The van der Waals surface area contributed by atoms with Crippen LogP contribution in [0.3, 0.4) is 0 Å². The van der Waals surface area contributed by atoms with E-state index in [0.29, 0.717) is 28.1 Å². The predicted molar refractivity (Wildman–Crippen MR) is 126 cm³/mol. The van der Waals surface area contributed by atoms with E-state index in [0.717, 1.165) is 0 Å². The second kappa shape index (κ2) is 11.6. The van der Waals surface area contributed by atoms with Crippen LogP contribution in [0.1, 0.15) is 44.0 Å². The lowest BCUT2D eigenvalue weighted by molar-refractivity contribution is -0.115. The number of rotatable bonds is 6. The molecule has 0 saturated heterocycles.